The predicted molar refractivity (Wildman–Crippen MR) is 51.1 cm³/mol. The molecule has 1 unspecified atom stereocenters. The van der Waals surface area contributed by atoms with Gasteiger partial charge < -0.3 is 10.1 Å². The molecule has 0 amide bonds. The molecular weight excluding hydrogens is 184 g/mol. The second-order valence-electron chi connectivity index (χ2n) is 3.14. The molecule has 6 heteroatoms. The molecule has 1 aromatic heterocycles. The van der Waals surface area contributed by atoms with Crippen LogP contribution in [-0.4, -0.2) is 19.7 Å². The zero-order chi connectivity index (χ0) is 10.7. The normalized spacial score (nSPS) is 12.8. The third-order valence-corrected chi connectivity index (χ3v) is 2.18. The van der Waals surface area contributed by atoms with Crippen molar-refractivity contribution >= 4 is 5.95 Å². The van der Waals surface area contributed by atoms with Crippen molar-refractivity contribution in [3.63, 3.8) is 0 Å². The van der Waals surface area contributed by atoms with Gasteiger partial charge in [0, 0.05) is 11.5 Å². The second-order valence-corrected chi connectivity index (χ2v) is 3.14. The highest BCUT2D eigenvalue weighted by Crippen LogP contribution is 2.15. The van der Waals surface area contributed by atoms with Crippen LogP contribution in [0.2, 0.25) is 0 Å². The van der Waals surface area contributed by atoms with Crippen LogP contribution >= 0.6 is 0 Å². The summed E-state index contributed by atoms with van der Waals surface area (Å²) >= 11 is 0. The van der Waals surface area contributed by atoms with E-state index in [9.17, 15) is 10.1 Å². The Morgan fingerprint density at radius 3 is 2.64 bits per heavy atom. The van der Waals surface area contributed by atoms with Crippen molar-refractivity contribution in [2.45, 2.75) is 39.7 Å². The molecule has 0 radical (unpaired) electrons. The van der Waals surface area contributed by atoms with Gasteiger partial charge in [-0.25, -0.2) is 0 Å². The number of hydrogen-bond donors (Lipinski definition) is 0. The quantitative estimate of drug-likeness (QED) is 0.545. The van der Waals surface area contributed by atoms with Gasteiger partial charge in [-0.3, -0.25) is 0 Å². The largest absolute Gasteiger partial charge is 0.491 e. The Morgan fingerprint density at radius 1 is 1.57 bits per heavy atom. The van der Waals surface area contributed by atoms with Crippen LogP contribution in [-0.2, 0) is 6.42 Å². The number of nitro groups is 1. The minimum absolute atomic E-state index is 0.158. The maximum Gasteiger partial charge on any atom is 0.491 e. The number of nitrogens with zero attached hydrogens (tertiary/aromatic N) is 4. The average Bonchev–Trinajstić information content (AvgIpc) is 2.60. The van der Waals surface area contributed by atoms with Crippen molar-refractivity contribution < 1.29 is 4.92 Å². The molecule has 1 heterocycles. The van der Waals surface area contributed by atoms with Crippen LogP contribution in [0.25, 0.3) is 0 Å². The fraction of sp³-hybridized carbons (Fsp3) is 0.750. The smallest absolute Gasteiger partial charge is 0.390 e. The van der Waals surface area contributed by atoms with Crippen molar-refractivity contribution in [3.8, 4) is 0 Å². The lowest BCUT2D eigenvalue weighted by molar-refractivity contribution is -0.394. The molecular formula is C8H14N4O2. The van der Waals surface area contributed by atoms with Crippen LogP contribution in [0.5, 0.6) is 0 Å². The standard InChI is InChI=1S/C8H14N4O2/c1-4-6(3)11-7(5-2)9-8(10-11)12(13)14/h6H,4-5H2,1-3H3. The third kappa shape index (κ3) is 1.89. The Bertz CT molecular complexity index is 334. The first-order valence-corrected chi connectivity index (χ1v) is 4.69. The minimum Gasteiger partial charge on any atom is -0.390 e. The van der Waals surface area contributed by atoms with E-state index in [4.69, 9.17) is 0 Å². The first kappa shape index (κ1) is 10.6. The van der Waals surface area contributed by atoms with Gasteiger partial charge in [0.15, 0.2) is 0 Å². The summed E-state index contributed by atoms with van der Waals surface area (Å²) in [5, 5.41) is 14.3. The highest BCUT2D eigenvalue weighted by molar-refractivity contribution is 5.05. The van der Waals surface area contributed by atoms with Gasteiger partial charge in [-0.2, -0.15) is 4.68 Å². The monoisotopic (exact) mass is 198 g/mol. The first-order chi connectivity index (χ1) is 6.60. The van der Waals surface area contributed by atoms with Crippen molar-refractivity contribution in [3.05, 3.63) is 15.9 Å². The molecule has 0 bridgehead atoms. The Labute approximate surface area is 82.1 Å². The van der Waals surface area contributed by atoms with Crippen molar-refractivity contribution in [1.82, 2.24) is 14.8 Å². The molecule has 0 spiro atoms. The summed E-state index contributed by atoms with van der Waals surface area (Å²) in [5.74, 6) is 0.369. The summed E-state index contributed by atoms with van der Waals surface area (Å²) in [6, 6.07) is 0.158. The molecule has 1 rings (SSSR count). The van der Waals surface area contributed by atoms with Crippen molar-refractivity contribution in [2.75, 3.05) is 0 Å². The summed E-state index contributed by atoms with van der Waals surface area (Å²) in [6.45, 7) is 5.89. The lowest BCUT2D eigenvalue weighted by Crippen LogP contribution is -2.09. The van der Waals surface area contributed by atoms with Gasteiger partial charge >= 0.3 is 5.95 Å². The van der Waals surface area contributed by atoms with Crippen LogP contribution in [0.3, 0.4) is 0 Å². The van der Waals surface area contributed by atoms with Crippen LogP contribution in [0, 0.1) is 10.1 Å². The summed E-state index contributed by atoms with van der Waals surface area (Å²) in [7, 11) is 0. The van der Waals surface area contributed by atoms with Crippen molar-refractivity contribution in [2.24, 2.45) is 0 Å². The van der Waals surface area contributed by atoms with E-state index in [2.05, 4.69) is 10.1 Å². The zero-order valence-electron chi connectivity index (χ0n) is 8.60. The van der Waals surface area contributed by atoms with Gasteiger partial charge in [-0.15, -0.1) is 0 Å². The fourth-order valence-corrected chi connectivity index (χ4v) is 1.19. The molecule has 0 fully saturated rings. The van der Waals surface area contributed by atoms with E-state index in [1.807, 2.05) is 20.8 Å². The van der Waals surface area contributed by atoms with E-state index in [-0.39, 0.29) is 12.0 Å². The van der Waals surface area contributed by atoms with Gasteiger partial charge in [0.05, 0.1) is 6.04 Å². The molecule has 0 aliphatic rings. The van der Waals surface area contributed by atoms with E-state index in [0.29, 0.717) is 12.2 Å². The van der Waals surface area contributed by atoms with Gasteiger partial charge in [0.1, 0.15) is 0 Å². The summed E-state index contributed by atoms with van der Waals surface area (Å²) in [4.78, 5) is 13.8. The second kappa shape index (κ2) is 4.17. The zero-order valence-corrected chi connectivity index (χ0v) is 8.60. The van der Waals surface area contributed by atoms with Crippen LogP contribution in [0.4, 0.5) is 5.95 Å². The van der Waals surface area contributed by atoms with E-state index in [1.54, 1.807) is 4.68 Å². The van der Waals surface area contributed by atoms with Gasteiger partial charge in [0.2, 0.25) is 5.82 Å². The SMILES string of the molecule is CCc1nc([N+](=O)[O-])nn1C(C)CC. The number of aromatic nitrogens is 3. The van der Waals surface area contributed by atoms with E-state index in [1.165, 1.54) is 0 Å². The van der Waals surface area contributed by atoms with E-state index >= 15 is 0 Å². The summed E-state index contributed by atoms with van der Waals surface area (Å²) in [6.07, 6.45) is 1.54. The van der Waals surface area contributed by atoms with Gasteiger partial charge in [-0.05, 0) is 23.3 Å². The van der Waals surface area contributed by atoms with Crippen molar-refractivity contribution in [1.29, 1.82) is 0 Å². The fourth-order valence-electron chi connectivity index (χ4n) is 1.19. The first-order valence-electron chi connectivity index (χ1n) is 4.69. The van der Waals surface area contributed by atoms with Gasteiger partial charge in [0.25, 0.3) is 0 Å². The molecule has 0 saturated heterocycles. The Morgan fingerprint density at radius 2 is 2.21 bits per heavy atom. The number of aryl methyl sites for hydroxylation is 1. The molecule has 1 atom stereocenters. The van der Waals surface area contributed by atoms with E-state index in [0.717, 1.165) is 6.42 Å². The average molecular weight is 198 g/mol. The van der Waals surface area contributed by atoms with Gasteiger partial charge in [-0.1, -0.05) is 13.8 Å². The molecule has 0 aromatic carbocycles. The number of hydrogen-bond acceptors (Lipinski definition) is 4. The third-order valence-electron chi connectivity index (χ3n) is 2.18. The predicted octanol–water partition coefficient (Wildman–Crippen LogP) is 1.72. The highest BCUT2D eigenvalue weighted by Gasteiger charge is 2.22. The van der Waals surface area contributed by atoms with Crippen LogP contribution in [0.15, 0.2) is 0 Å². The topological polar surface area (TPSA) is 73.8 Å². The minimum atomic E-state index is -0.557. The Hall–Kier alpha value is -1.46. The lowest BCUT2D eigenvalue weighted by Gasteiger charge is -2.05. The Kier molecular flexibility index (Phi) is 3.16. The van der Waals surface area contributed by atoms with Crippen LogP contribution < -0.4 is 0 Å². The number of rotatable bonds is 4. The van der Waals surface area contributed by atoms with Crippen LogP contribution in [0.1, 0.15) is 39.1 Å². The molecule has 1 aromatic rings. The maximum atomic E-state index is 10.5. The molecule has 0 saturated carbocycles. The highest BCUT2D eigenvalue weighted by atomic mass is 16.6. The Balaban J connectivity index is 3.08. The molecule has 0 N–H and O–H groups in total. The molecule has 0 aliphatic carbocycles. The lowest BCUT2D eigenvalue weighted by atomic mass is 10.2. The van der Waals surface area contributed by atoms with E-state index < -0.39 is 4.92 Å². The maximum absolute atomic E-state index is 10.5. The molecule has 0 aliphatic heterocycles. The molecule has 6 nitrogen and oxygen atoms in total. The molecule has 78 valence electrons. The molecule has 14 heavy (non-hydrogen) atoms. The summed E-state index contributed by atoms with van der Waals surface area (Å²) in [5.41, 5.74) is 0. The summed E-state index contributed by atoms with van der Waals surface area (Å²) < 4.78 is 1.64.